The maximum Gasteiger partial charge on any atom is 0.166 e. The molecule has 0 saturated carbocycles. The van der Waals surface area contributed by atoms with Crippen LogP contribution in [0.3, 0.4) is 0 Å². The SMILES string of the molecule is CC(C)CCCCCCCCCS(=O)(=O)[O-].c1cc[nH+]cc1. The summed E-state index contributed by atoms with van der Waals surface area (Å²) in [7, 11) is -3.99. The molecule has 0 amide bonds. The summed E-state index contributed by atoms with van der Waals surface area (Å²) in [6, 6.07) is 5.86. The van der Waals surface area contributed by atoms with Gasteiger partial charge in [0, 0.05) is 17.9 Å². The normalized spacial score (nSPS) is 11.1. The summed E-state index contributed by atoms with van der Waals surface area (Å²) in [5, 5.41) is 0. The zero-order chi connectivity index (χ0) is 16.7. The van der Waals surface area contributed by atoms with Crippen molar-refractivity contribution in [3.05, 3.63) is 30.6 Å². The van der Waals surface area contributed by atoms with Gasteiger partial charge in [0.05, 0.1) is 10.1 Å². The van der Waals surface area contributed by atoms with E-state index in [-0.39, 0.29) is 5.75 Å². The molecule has 22 heavy (non-hydrogen) atoms. The number of rotatable bonds is 10. The Morgan fingerprint density at radius 2 is 1.36 bits per heavy atom. The Morgan fingerprint density at radius 1 is 0.864 bits per heavy atom. The molecule has 0 bridgehead atoms. The zero-order valence-corrected chi connectivity index (χ0v) is 14.8. The van der Waals surface area contributed by atoms with Crippen molar-refractivity contribution in [3.8, 4) is 0 Å². The van der Waals surface area contributed by atoms with Crippen LogP contribution in [0.1, 0.15) is 65.2 Å². The van der Waals surface area contributed by atoms with Crippen molar-refractivity contribution < 1.29 is 18.0 Å². The minimum atomic E-state index is -3.99. The van der Waals surface area contributed by atoms with Gasteiger partial charge in [-0.3, -0.25) is 0 Å². The molecule has 0 aliphatic rings. The van der Waals surface area contributed by atoms with Crippen LogP contribution in [0.15, 0.2) is 30.6 Å². The van der Waals surface area contributed by atoms with E-state index in [1.807, 2.05) is 30.6 Å². The minimum absolute atomic E-state index is 0.194. The van der Waals surface area contributed by atoms with Crippen LogP contribution in [0, 0.1) is 5.92 Å². The summed E-state index contributed by atoms with van der Waals surface area (Å²) >= 11 is 0. The van der Waals surface area contributed by atoms with Crippen molar-refractivity contribution in [1.29, 1.82) is 0 Å². The van der Waals surface area contributed by atoms with Gasteiger partial charge >= 0.3 is 0 Å². The highest BCUT2D eigenvalue weighted by molar-refractivity contribution is 7.85. The van der Waals surface area contributed by atoms with E-state index in [0.717, 1.165) is 25.2 Å². The molecule has 0 saturated heterocycles. The van der Waals surface area contributed by atoms with Crippen LogP contribution in [0.5, 0.6) is 0 Å². The molecular weight excluding hydrogens is 298 g/mol. The van der Waals surface area contributed by atoms with E-state index < -0.39 is 10.1 Å². The standard InChI is InChI=1S/C12H26O3S.C5H5N/c1-12(2)10-8-6-4-3-5-7-9-11-16(13,14)15;1-2-4-6-5-3-1/h12H,3-11H2,1-2H3,(H,13,14,15);1-5H. The van der Waals surface area contributed by atoms with Crippen molar-refractivity contribution in [3.63, 3.8) is 0 Å². The van der Waals surface area contributed by atoms with Crippen LogP contribution in [-0.2, 0) is 10.1 Å². The monoisotopic (exact) mass is 329 g/mol. The average molecular weight is 330 g/mol. The summed E-state index contributed by atoms with van der Waals surface area (Å²) in [6.45, 7) is 4.48. The van der Waals surface area contributed by atoms with Gasteiger partial charge in [0.2, 0.25) is 0 Å². The fourth-order valence-electron chi connectivity index (χ4n) is 2.06. The van der Waals surface area contributed by atoms with Gasteiger partial charge in [-0.05, 0) is 12.3 Å². The Bertz CT molecular complexity index is 406. The van der Waals surface area contributed by atoms with E-state index in [1.54, 1.807) is 0 Å². The molecule has 0 spiro atoms. The fraction of sp³-hybridized carbons (Fsp3) is 0.706. The molecule has 0 unspecified atom stereocenters. The second-order valence-corrected chi connectivity index (χ2v) is 7.52. The fourth-order valence-corrected chi connectivity index (χ4v) is 2.61. The number of pyridine rings is 1. The van der Waals surface area contributed by atoms with E-state index in [2.05, 4.69) is 18.8 Å². The third-order valence-corrected chi connectivity index (χ3v) is 4.07. The van der Waals surface area contributed by atoms with Gasteiger partial charge in [-0.15, -0.1) is 0 Å². The van der Waals surface area contributed by atoms with E-state index in [4.69, 9.17) is 0 Å². The summed E-state index contributed by atoms with van der Waals surface area (Å²) in [4.78, 5) is 2.89. The van der Waals surface area contributed by atoms with Crippen molar-refractivity contribution in [2.45, 2.75) is 65.2 Å². The molecule has 1 rings (SSSR count). The number of aromatic nitrogens is 1. The van der Waals surface area contributed by atoms with Gasteiger partial charge in [-0.1, -0.05) is 64.9 Å². The van der Waals surface area contributed by atoms with Crippen LogP contribution >= 0.6 is 0 Å². The Balaban J connectivity index is 0.000000604. The average Bonchev–Trinajstić information content (AvgIpc) is 2.46. The number of hydrogen-bond donors (Lipinski definition) is 0. The smallest absolute Gasteiger partial charge is 0.166 e. The van der Waals surface area contributed by atoms with Gasteiger partial charge in [-0.2, -0.15) is 0 Å². The van der Waals surface area contributed by atoms with Crippen LogP contribution in [0.4, 0.5) is 0 Å². The first-order valence-corrected chi connectivity index (χ1v) is 9.84. The predicted molar refractivity (Wildman–Crippen MR) is 89.3 cm³/mol. The number of unbranched alkanes of at least 4 members (excludes halogenated alkanes) is 6. The zero-order valence-electron chi connectivity index (χ0n) is 14.0. The molecule has 5 heteroatoms. The first-order valence-electron chi connectivity index (χ1n) is 8.26. The van der Waals surface area contributed by atoms with Gasteiger partial charge in [0.15, 0.2) is 12.4 Å². The topological polar surface area (TPSA) is 71.3 Å². The second-order valence-electron chi connectivity index (χ2n) is 6.00. The summed E-state index contributed by atoms with van der Waals surface area (Å²) in [6.07, 6.45) is 12.5. The molecule has 0 aliphatic carbocycles. The maximum absolute atomic E-state index is 10.3. The Morgan fingerprint density at radius 3 is 1.73 bits per heavy atom. The molecule has 0 radical (unpaired) electrons. The summed E-state index contributed by atoms with van der Waals surface area (Å²) in [5.74, 6) is 0.600. The highest BCUT2D eigenvalue weighted by Crippen LogP contribution is 2.12. The lowest BCUT2D eigenvalue weighted by molar-refractivity contribution is -0.377. The molecule has 1 heterocycles. The van der Waals surface area contributed by atoms with Crippen molar-refractivity contribution in [1.82, 2.24) is 0 Å². The van der Waals surface area contributed by atoms with Gasteiger partial charge in [-0.25, -0.2) is 13.4 Å². The van der Waals surface area contributed by atoms with E-state index in [1.165, 1.54) is 25.7 Å². The lowest BCUT2D eigenvalue weighted by atomic mass is 10.0. The predicted octanol–water partition coefficient (Wildman–Crippen LogP) is 3.81. The van der Waals surface area contributed by atoms with Gasteiger partial charge in [0.1, 0.15) is 0 Å². The highest BCUT2D eigenvalue weighted by atomic mass is 32.2. The quantitative estimate of drug-likeness (QED) is 0.484. The molecule has 1 aromatic heterocycles. The minimum Gasteiger partial charge on any atom is -0.748 e. The largest absolute Gasteiger partial charge is 0.748 e. The van der Waals surface area contributed by atoms with Crippen LogP contribution in [0.25, 0.3) is 0 Å². The molecule has 1 N–H and O–H groups in total. The van der Waals surface area contributed by atoms with Gasteiger partial charge in [0.25, 0.3) is 0 Å². The lowest BCUT2D eigenvalue weighted by Gasteiger charge is -2.06. The Kier molecular flexibility index (Phi) is 13.1. The molecule has 0 fully saturated rings. The summed E-state index contributed by atoms with van der Waals surface area (Å²) < 4.78 is 30.9. The molecular formula is C17H31NO3S. The van der Waals surface area contributed by atoms with Crippen LogP contribution in [0.2, 0.25) is 0 Å². The number of aromatic amines is 1. The van der Waals surface area contributed by atoms with Crippen molar-refractivity contribution >= 4 is 10.1 Å². The maximum atomic E-state index is 10.3. The number of hydrogen-bond acceptors (Lipinski definition) is 3. The Labute approximate surface area is 136 Å². The van der Waals surface area contributed by atoms with Crippen LogP contribution < -0.4 is 4.98 Å². The number of nitrogens with one attached hydrogen (secondary N) is 1. The molecule has 128 valence electrons. The van der Waals surface area contributed by atoms with E-state index >= 15 is 0 Å². The lowest BCUT2D eigenvalue weighted by Crippen LogP contribution is -2.03. The van der Waals surface area contributed by atoms with Crippen LogP contribution in [-0.4, -0.2) is 18.7 Å². The molecule has 0 atom stereocenters. The second kappa shape index (κ2) is 13.7. The Hall–Kier alpha value is -0.940. The molecule has 1 aromatic rings. The molecule has 4 nitrogen and oxygen atoms in total. The van der Waals surface area contributed by atoms with Crippen molar-refractivity contribution in [2.24, 2.45) is 5.92 Å². The third kappa shape index (κ3) is 19.1. The summed E-state index contributed by atoms with van der Waals surface area (Å²) in [5.41, 5.74) is 0. The highest BCUT2D eigenvalue weighted by Gasteiger charge is 1.97. The van der Waals surface area contributed by atoms with Gasteiger partial charge < -0.3 is 4.55 Å². The molecule has 0 aromatic carbocycles. The first-order chi connectivity index (χ1) is 10.4. The third-order valence-electron chi connectivity index (χ3n) is 3.28. The van der Waals surface area contributed by atoms with E-state index in [0.29, 0.717) is 6.42 Å². The molecule has 0 aliphatic heterocycles. The van der Waals surface area contributed by atoms with Crippen molar-refractivity contribution in [2.75, 3.05) is 5.75 Å². The number of H-pyrrole nitrogens is 1. The van der Waals surface area contributed by atoms with E-state index in [9.17, 15) is 13.0 Å². The first kappa shape index (κ1) is 21.1.